The summed E-state index contributed by atoms with van der Waals surface area (Å²) in [7, 11) is -3.16. The molecular formula is C17H15BrN2O3S. The van der Waals surface area contributed by atoms with Gasteiger partial charge in [0, 0.05) is 15.8 Å². The Kier molecular flexibility index (Phi) is 3.65. The van der Waals surface area contributed by atoms with Crippen LogP contribution >= 0.6 is 15.9 Å². The predicted octanol–water partition coefficient (Wildman–Crippen LogP) is 3.06. The zero-order valence-corrected chi connectivity index (χ0v) is 15.1. The van der Waals surface area contributed by atoms with E-state index in [2.05, 4.69) is 15.9 Å². The molecule has 2 atom stereocenters. The van der Waals surface area contributed by atoms with Crippen molar-refractivity contribution in [2.75, 3.05) is 21.3 Å². The highest BCUT2D eigenvalue weighted by Crippen LogP contribution is 2.38. The predicted molar refractivity (Wildman–Crippen MR) is 97.2 cm³/mol. The standard InChI is InChI=1S/C17H15BrN2O3S/c18-12-6-8-14(9-7-12)20-16-11-24(22,23)10-15(16)19(17(20)21)13-4-2-1-3-5-13/h1-9,15-16H,10-11H2/t15-,16-/m0/s1. The van der Waals surface area contributed by atoms with E-state index in [4.69, 9.17) is 0 Å². The molecule has 24 heavy (non-hydrogen) atoms. The van der Waals surface area contributed by atoms with Crippen LogP contribution in [0.25, 0.3) is 0 Å². The van der Waals surface area contributed by atoms with Gasteiger partial charge in [0.15, 0.2) is 9.84 Å². The number of benzene rings is 2. The van der Waals surface area contributed by atoms with E-state index in [1.807, 2.05) is 54.6 Å². The molecular weight excluding hydrogens is 392 g/mol. The molecule has 0 saturated carbocycles. The van der Waals surface area contributed by atoms with Crippen LogP contribution in [0, 0.1) is 0 Å². The molecule has 2 heterocycles. The molecule has 2 fully saturated rings. The van der Waals surface area contributed by atoms with Crippen molar-refractivity contribution in [2.45, 2.75) is 12.1 Å². The molecule has 0 radical (unpaired) electrons. The number of urea groups is 1. The maximum atomic E-state index is 13.1. The summed E-state index contributed by atoms with van der Waals surface area (Å²) in [5.41, 5.74) is 1.45. The van der Waals surface area contributed by atoms with Gasteiger partial charge in [-0.05, 0) is 36.4 Å². The van der Waals surface area contributed by atoms with E-state index in [1.54, 1.807) is 9.80 Å². The number of sulfone groups is 1. The summed E-state index contributed by atoms with van der Waals surface area (Å²) in [6, 6.07) is 15.7. The Morgan fingerprint density at radius 2 is 1.33 bits per heavy atom. The topological polar surface area (TPSA) is 57.7 Å². The molecule has 0 unspecified atom stereocenters. The molecule has 2 saturated heterocycles. The normalized spacial score (nSPS) is 25.1. The van der Waals surface area contributed by atoms with Crippen LogP contribution in [0.1, 0.15) is 0 Å². The van der Waals surface area contributed by atoms with Crippen LogP contribution in [-0.4, -0.2) is 38.0 Å². The summed E-state index contributed by atoms with van der Waals surface area (Å²) in [5.74, 6) is 0.00807. The smallest absolute Gasteiger partial charge is 0.288 e. The SMILES string of the molecule is O=C1N(c2ccccc2)[C@H]2CS(=O)(=O)C[C@@H]2N1c1ccc(Br)cc1. The van der Waals surface area contributed by atoms with Crippen LogP contribution in [0.4, 0.5) is 16.2 Å². The van der Waals surface area contributed by atoms with Crippen LogP contribution < -0.4 is 9.80 Å². The lowest BCUT2D eigenvalue weighted by molar-refractivity contribution is 0.255. The Hall–Kier alpha value is -1.86. The van der Waals surface area contributed by atoms with E-state index in [-0.39, 0.29) is 29.6 Å². The Labute approximate surface area is 148 Å². The minimum Gasteiger partial charge on any atom is -0.288 e. The Bertz CT molecular complexity index is 884. The van der Waals surface area contributed by atoms with Gasteiger partial charge in [0.1, 0.15) is 0 Å². The summed E-state index contributed by atoms with van der Waals surface area (Å²) < 4.78 is 25.3. The zero-order chi connectivity index (χ0) is 16.9. The van der Waals surface area contributed by atoms with Crippen LogP contribution in [0.2, 0.25) is 0 Å². The van der Waals surface area contributed by atoms with E-state index >= 15 is 0 Å². The average molecular weight is 407 g/mol. The lowest BCUT2D eigenvalue weighted by Gasteiger charge is -2.22. The van der Waals surface area contributed by atoms with Crippen molar-refractivity contribution in [3.63, 3.8) is 0 Å². The van der Waals surface area contributed by atoms with Gasteiger partial charge < -0.3 is 0 Å². The third kappa shape index (κ3) is 2.52. The largest absolute Gasteiger partial charge is 0.329 e. The number of rotatable bonds is 2. The molecule has 2 aromatic rings. The first-order valence-electron chi connectivity index (χ1n) is 7.60. The number of nitrogens with zero attached hydrogens (tertiary/aromatic N) is 2. The van der Waals surface area contributed by atoms with Gasteiger partial charge >= 0.3 is 6.03 Å². The molecule has 2 aromatic carbocycles. The van der Waals surface area contributed by atoms with Crippen LogP contribution in [0.15, 0.2) is 59.1 Å². The van der Waals surface area contributed by atoms with Gasteiger partial charge in [-0.3, -0.25) is 9.80 Å². The molecule has 0 bridgehead atoms. The number of carbonyl (C=O) groups excluding carboxylic acids is 1. The number of amides is 2. The highest BCUT2D eigenvalue weighted by atomic mass is 79.9. The first-order chi connectivity index (χ1) is 11.5. The van der Waals surface area contributed by atoms with Gasteiger partial charge in [0.2, 0.25) is 0 Å². The third-order valence-electron chi connectivity index (χ3n) is 4.51. The van der Waals surface area contributed by atoms with Gasteiger partial charge in [0.05, 0.1) is 23.6 Å². The second-order valence-corrected chi connectivity index (χ2v) is 9.12. The number of hydrogen-bond acceptors (Lipinski definition) is 3. The zero-order valence-electron chi connectivity index (χ0n) is 12.7. The van der Waals surface area contributed by atoms with Gasteiger partial charge in [-0.1, -0.05) is 34.1 Å². The van der Waals surface area contributed by atoms with Crippen molar-refractivity contribution in [3.8, 4) is 0 Å². The maximum Gasteiger partial charge on any atom is 0.329 e. The molecule has 5 nitrogen and oxygen atoms in total. The van der Waals surface area contributed by atoms with Crippen LogP contribution in [-0.2, 0) is 9.84 Å². The molecule has 0 aromatic heterocycles. The molecule has 124 valence electrons. The second-order valence-electron chi connectivity index (χ2n) is 6.05. The molecule has 0 spiro atoms. The Balaban J connectivity index is 1.80. The van der Waals surface area contributed by atoms with Crippen molar-refractivity contribution < 1.29 is 13.2 Å². The highest BCUT2D eigenvalue weighted by Gasteiger charge is 2.54. The fourth-order valence-corrected chi connectivity index (χ4v) is 5.68. The lowest BCUT2D eigenvalue weighted by atomic mass is 10.1. The van der Waals surface area contributed by atoms with Crippen LogP contribution in [0.3, 0.4) is 0 Å². The third-order valence-corrected chi connectivity index (χ3v) is 6.74. The first kappa shape index (κ1) is 15.7. The fourth-order valence-electron chi connectivity index (χ4n) is 3.50. The Morgan fingerprint density at radius 1 is 0.833 bits per heavy atom. The molecule has 0 aliphatic carbocycles. The average Bonchev–Trinajstić information content (AvgIpc) is 2.98. The van der Waals surface area contributed by atoms with Gasteiger partial charge in [0.25, 0.3) is 0 Å². The van der Waals surface area contributed by atoms with Crippen molar-refractivity contribution >= 4 is 43.2 Å². The van der Waals surface area contributed by atoms with E-state index in [9.17, 15) is 13.2 Å². The first-order valence-corrected chi connectivity index (χ1v) is 10.2. The van der Waals surface area contributed by atoms with Crippen molar-refractivity contribution in [2.24, 2.45) is 0 Å². The van der Waals surface area contributed by atoms with Crippen LogP contribution in [0.5, 0.6) is 0 Å². The minimum absolute atomic E-state index is 0.00278. The molecule has 7 heteroatoms. The van der Waals surface area contributed by atoms with E-state index < -0.39 is 9.84 Å². The van der Waals surface area contributed by atoms with Crippen molar-refractivity contribution in [1.29, 1.82) is 0 Å². The quantitative estimate of drug-likeness (QED) is 0.720. The second kappa shape index (κ2) is 5.60. The number of halogens is 1. The number of fused-ring (bicyclic) bond motifs is 1. The molecule has 2 aliphatic rings. The van der Waals surface area contributed by atoms with Gasteiger partial charge in [-0.25, -0.2) is 13.2 Å². The van der Waals surface area contributed by atoms with Crippen molar-refractivity contribution in [3.05, 3.63) is 59.1 Å². The minimum atomic E-state index is -3.16. The fraction of sp³-hybridized carbons (Fsp3) is 0.235. The van der Waals surface area contributed by atoms with Gasteiger partial charge in [-0.15, -0.1) is 0 Å². The van der Waals surface area contributed by atoms with Gasteiger partial charge in [-0.2, -0.15) is 0 Å². The summed E-state index contributed by atoms with van der Waals surface area (Å²) in [6.07, 6.45) is 0. The molecule has 2 amide bonds. The molecule has 4 rings (SSSR count). The van der Waals surface area contributed by atoms with E-state index in [1.165, 1.54) is 0 Å². The summed E-state index contributed by atoms with van der Waals surface area (Å²) in [6.45, 7) is 0. The molecule has 2 aliphatic heterocycles. The lowest BCUT2D eigenvalue weighted by Crippen LogP contribution is -2.37. The number of carbonyl (C=O) groups is 1. The highest BCUT2D eigenvalue weighted by molar-refractivity contribution is 9.10. The molecule has 0 N–H and O–H groups in total. The number of hydrogen-bond donors (Lipinski definition) is 0. The summed E-state index contributed by atoms with van der Waals surface area (Å²) in [4.78, 5) is 16.3. The number of para-hydroxylation sites is 1. The van der Waals surface area contributed by atoms with E-state index in [0.717, 1.165) is 10.2 Å². The van der Waals surface area contributed by atoms with Crippen molar-refractivity contribution in [1.82, 2.24) is 0 Å². The summed E-state index contributed by atoms with van der Waals surface area (Å²) >= 11 is 3.38. The number of anilines is 2. The summed E-state index contributed by atoms with van der Waals surface area (Å²) in [5, 5.41) is 0. The van der Waals surface area contributed by atoms with E-state index in [0.29, 0.717) is 5.69 Å². The monoisotopic (exact) mass is 406 g/mol. The maximum absolute atomic E-state index is 13.1. The Morgan fingerprint density at radius 3 is 1.88 bits per heavy atom.